The number of methoxy groups -OCH3 is 1. The van der Waals surface area contributed by atoms with E-state index < -0.39 is 0 Å². The molecule has 0 bridgehead atoms. The number of amides is 3. The van der Waals surface area contributed by atoms with E-state index in [2.05, 4.69) is 5.32 Å². The summed E-state index contributed by atoms with van der Waals surface area (Å²) in [4.78, 5) is 30.1. The van der Waals surface area contributed by atoms with Crippen LogP contribution in [0.15, 0.2) is 41.8 Å². The Kier molecular flexibility index (Phi) is 5.50. The molecule has 2 aliphatic heterocycles. The van der Waals surface area contributed by atoms with Crippen molar-refractivity contribution in [3.63, 3.8) is 0 Å². The molecule has 148 valence electrons. The molecule has 2 aliphatic rings. The summed E-state index contributed by atoms with van der Waals surface area (Å²) >= 11 is 3.34. The highest BCUT2D eigenvalue weighted by molar-refractivity contribution is 8.00. The number of anilines is 1. The van der Waals surface area contributed by atoms with Gasteiger partial charge in [0.1, 0.15) is 5.75 Å². The summed E-state index contributed by atoms with van der Waals surface area (Å²) in [5.74, 6) is 1.71. The molecule has 28 heavy (non-hydrogen) atoms. The van der Waals surface area contributed by atoms with Crippen molar-refractivity contribution >= 4 is 40.7 Å². The van der Waals surface area contributed by atoms with E-state index >= 15 is 0 Å². The van der Waals surface area contributed by atoms with Crippen molar-refractivity contribution in [3.8, 4) is 5.75 Å². The van der Waals surface area contributed by atoms with Crippen LogP contribution in [0.4, 0.5) is 10.5 Å². The van der Waals surface area contributed by atoms with Crippen LogP contribution in [-0.4, -0.2) is 59.1 Å². The summed E-state index contributed by atoms with van der Waals surface area (Å²) in [7, 11) is 1.59. The minimum atomic E-state index is -0.192. The predicted molar refractivity (Wildman–Crippen MR) is 113 cm³/mol. The molecule has 2 aromatic rings. The van der Waals surface area contributed by atoms with Gasteiger partial charge in [-0.25, -0.2) is 4.79 Å². The molecule has 1 N–H and O–H groups in total. The largest absolute Gasteiger partial charge is 0.495 e. The van der Waals surface area contributed by atoms with Crippen LogP contribution in [-0.2, 0) is 0 Å². The Bertz CT molecular complexity index is 848. The number of para-hydroxylation sites is 2. The van der Waals surface area contributed by atoms with Crippen LogP contribution in [0, 0.1) is 0 Å². The van der Waals surface area contributed by atoms with Crippen LogP contribution < -0.4 is 10.1 Å². The third-order valence-electron chi connectivity index (χ3n) is 5.34. The molecule has 2 saturated heterocycles. The summed E-state index contributed by atoms with van der Waals surface area (Å²) in [6.07, 6.45) is 1.57. The van der Waals surface area contributed by atoms with Crippen LogP contribution in [0.25, 0.3) is 0 Å². The first-order chi connectivity index (χ1) is 13.6. The Morgan fingerprint density at radius 2 is 1.89 bits per heavy atom. The molecule has 1 spiro atoms. The topological polar surface area (TPSA) is 61.9 Å². The number of nitrogens with zero attached hydrogens (tertiary/aromatic N) is 2. The molecule has 1 aromatic carbocycles. The molecule has 0 aliphatic carbocycles. The van der Waals surface area contributed by atoms with E-state index in [9.17, 15) is 9.59 Å². The summed E-state index contributed by atoms with van der Waals surface area (Å²) in [5, 5.41) is 4.88. The first-order valence-corrected chi connectivity index (χ1v) is 11.2. The molecular formula is C20H23N3O3S2. The number of hydrogen-bond donors (Lipinski definition) is 1. The van der Waals surface area contributed by atoms with Gasteiger partial charge >= 0.3 is 6.03 Å². The Balaban J connectivity index is 1.41. The number of urea groups is 1. The van der Waals surface area contributed by atoms with Gasteiger partial charge in [-0.2, -0.15) is 0 Å². The number of ether oxygens (including phenoxy) is 1. The lowest BCUT2D eigenvalue weighted by molar-refractivity contribution is 0.0590. The van der Waals surface area contributed by atoms with Gasteiger partial charge < -0.3 is 19.9 Å². The summed E-state index contributed by atoms with van der Waals surface area (Å²) in [6.45, 7) is 2.03. The van der Waals surface area contributed by atoms with Gasteiger partial charge in [0.05, 0.1) is 22.5 Å². The van der Waals surface area contributed by atoms with E-state index in [0.29, 0.717) is 24.5 Å². The number of hydrogen-bond acceptors (Lipinski definition) is 5. The van der Waals surface area contributed by atoms with Gasteiger partial charge in [0.15, 0.2) is 0 Å². The minimum absolute atomic E-state index is 0.118. The van der Waals surface area contributed by atoms with E-state index in [1.54, 1.807) is 7.11 Å². The van der Waals surface area contributed by atoms with Gasteiger partial charge in [-0.1, -0.05) is 18.2 Å². The molecule has 3 amide bonds. The lowest BCUT2D eigenvalue weighted by Crippen LogP contribution is -2.54. The van der Waals surface area contributed by atoms with Gasteiger partial charge in [0, 0.05) is 25.4 Å². The Labute approximate surface area is 172 Å². The average Bonchev–Trinajstić information content (AvgIpc) is 3.39. The number of carbonyl (C=O) groups is 2. The van der Waals surface area contributed by atoms with Gasteiger partial charge in [-0.3, -0.25) is 4.79 Å². The van der Waals surface area contributed by atoms with Crippen molar-refractivity contribution in [3.05, 3.63) is 46.7 Å². The maximum absolute atomic E-state index is 12.9. The van der Waals surface area contributed by atoms with Gasteiger partial charge in [0.2, 0.25) is 0 Å². The lowest BCUT2D eigenvalue weighted by Gasteiger charge is -2.43. The SMILES string of the molecule is COc1ccccc1NC(=O)N1CCC2(CC1)SCCN2C(=O)c1cccs1. The fraction of sp³-hybridized carbons (Fsp3) is 0.400. The van der Waals surface area contributed by atoms with E-state index in [1.807, 2.05) is 63.3 Å². The average molecular weight is 418 g/mol. The van der Waals surface area contributed by atoms with Crippen molar-refractivity contribution < 1.29 is 14.3 Å². The second kappa shape index (κ2) is 8.05. The van der Waals surface area contributed by atoms with E-state index in [1.165, 1.54) is 11.3 Å². The molecule has 0 radical (unpaired) electrons. The maximum Gasteiger partial charge on any atom is 0.321 e. The van der Waals surface area contributed by atoms with Gasteiger partial charge in [0.25, 0.3) is 5.91 Å². The highest BCUT2D eigenvalue weighted by Crippen LogP contribution is 2.44. The normalized spacial score (nSPS) is 18.3. The zero-order chi connectivity index (χ0) is 19.6. The van der Waals surface area contributed by atoms with Gasteiger partial charge in [-0.15, -0.1) is 23.1 Å². The number of benzene rings is 1. The van der Waals surface area contributed by atoms with Crippen LogP contribution in [0.5, 0.6) is 5.75 Å². The van der Waals surface area contributed by atoms with Gasteiger partial charge in [-0.05, 0) is 36.4 Å². The smallest absolute Gasteiger partial charge is 0.321 e. The standard InChI is InChI=1S/C20H23N3O3S2/c1-26-16-6-3-2-5-15(16)21-19(25)22-10-8-20(9-11-22)23(12-14-28-20)18(24)17-7-4-13-27-17/h2-7,13H,8-12,14H2,1H3,(H,21,25). The second-order valence-corrected chi connectivity index (χ2v) is 9.25. The Morgan fingerprint density at radius 1 is 1.11 bits per heavy atom. The molecule has 4 rings (SSSR count). The fourth-order valence-electron chi connectivity index (χ4n) is 3.84. The van der Waals surface area contributed by atoms with E-state index in [4.69, 9.17) is 4.74 Å². The zero-order valence-corrected chi connectivity index (χ0v) is 17.4. The molecule has 2 fully saturated rings. The Morgan fingerprint density at radius 3 is 2.61 bits per heavy atom. The second-order valence-electron chi connectivity index (χ2n) is 6.85. The number of rotatable bonds is 3. The van der Waals surface area contributed by atoms with Crippen molar-refractivity contribution in [2.24, 2.45) is 0 Å². The molecular weight excluding hydrogens is 394 g/mol. The number of carbonyl (C=O) groups excluding carboxylic acids is 2. The van der Waals surface area contributed by atoms with E-state index in [0.717, 1.165) is 30.0 Å². The fourth-order valence-corrected chi connectivity index (χ4v) is 5.97. The third-order valence-corrected chi connectivity index (χ3v) is 7.75. The number of thiophene rings is 1. The predicted octanol–water partition coefficient (Wildman–Crippen LogP) is 3.97. The molecule has 3 heterocycles. The highest BCUT2D eigenvalue weighted by Gasteiger charge is 2.47. The molecule has 8 heteroatoms. The molecule has 0 atom stereocenters. The van der Waals surface area contributed by atoms with Crippen molar-refractivity contribution in [2.75, 3.05) is 37.8 Å². The van der Waals surface area contributed by atoms with Crippen molar-refractivity contribution in [1.82, 2.24) is 9.80 Å². The summed E-state index contributed by atoms with van der Waals surface area (Å²) in [5.41, 5.74) is 0.667. The lowest BCUT2D eigenvalue weighted by atomic mass is 10.0. The molecule has 0 saturated carbocycles. The molecule has 0 unspecified atom stereocenters. The quantitative estimate of drug-likeness (QED) is 0.821. The monoisotopic (exact) mass is 417 g/mol. The summed E-state index contributed by atoms with van der Waals surface area (Å²) < 4.78 is 5.31. The molecule has 1 aromatic heterocycles. The first kappa shape index (κ1) is 19.1. The number of thioether (sulfide) groups is 1. The maximum atomic E-state index is 12.9. The number of piperidine rings is 1. The highest BCUT2D eigenvalue weighted by atomic mass is 32.2. The van der Waals surface area contributed by atoms with Crippen LogP contribution in [0.1, 0.15) is 22.5 Å². The first-order valence-electron chi connectivity index (χ1n) is 9.31. The van der Waals surface area contributed by atoms with Crippen LogP contribution in [0.3, 0.4) is 0 Å². The zero-order valence-electron chi connectivity index (χ0n) is 15.7. The van der Waals surface area contributed by atoms with Crippen LogP contribution in [0.2, 0.25) is 0 Å². The van der Waals surface area contributed by atoms with Crippen LogP contribution >= 0.6 is 23.1 Å². The summed E-state index contributed by atoms with van der Waals surface area (Å²) in [6, 6.07) is 11.1. The third kappa shape index (κ3) is 3.58. The number of nitrogens with one attached hydrogen (secondary N) is 1. The molecule has 6 nitrogen and oxygen atoms in total. The van der Waals surface area contributed by atoms with E-state index in [-0.39, 0.29) is 16.8 Å². The van der Waals surface area contributed by atoms with Crippen molar-refractivity contribution in [2.45, 2.75) is 17.7 Å². The number of likely N-dealkylation sites (tertiary alicyclic amines) is 1. The minimum Gasteiger partial charge on any atom is -0.495 e. The Hall–Kier alpha value is -2.19. The van der Waals surface area contributed by atoms with Crippen molar-refractivity contribution in [1.29, 1.82) is 0 Å².